The van der Waals surface area contributed by atoms with Crippen LogP contribution in [0.15, 0.2) is 24.4 Å². The lowest BCUT2D eigenvalue weighted by Crippen LogP contribution is -2.12. The summed E-state index contributed by atoms with van der Waals surface area (Å²) in [5.41, 5.74) is 1.67. The molecule has 0 fully saturated rings. The first kappa shape index (κ1) is 12.9. The third-order valence-corrected chi connectivity index (χ3v) is 2.80. The van der Waals surface area contributed by atoms with Gasteiger partial charge in [0.2, 0.25) is 5.91 Å². The van der Waals surface area contributed by atoms with Gasteiger partial charge in [0.1, 0.15) is 5.88 Å². The van der Waals surface area contributed by atoms with Crippen LogP contribution in [0.25, 0.3) is 10.9 Å². The molecule has 6 heteroatoms. The van der Waals surface area contributed by atoms with Crippen molar-refractivity contribution in [2.45, 2.75) is 6.54 Å². The molecule has 1 amide bonds. The smallest absolute Gasteiger partial charge is 0.239 e. The summed E-state index contributed by atoms with van der Waals surface area (Å²) in [7, 11) is 1.65. The minimum absolute atomic E-state index is 0.0546. The fourth-order valence-electron chi connectivity index (χ4n) is 1.70. The van der Waals surface area contributed by atoms with Gasteiger partial charge in [0, 0.05) is 18.2 Å². The molecule has 2 rings (SSSR count). The molecule has 96 valence electrons. The third kappa shape index (κ3) is 2.80. The molecule has 1 N–H and O–H groups in total. The first-order valence-electron chi connectivity index (χ1n) is 5.55. The average Bonchev–Trinajstić information content (AvgIpc) is 2.78. The van der Waals surface area contributed by atoms with Crippen LogP contribution in [0.1, 0.15) is 0 Å². The van der Waals surface area contributed by atoms with Crippen molar-refractivity contribution < 1.29 is 9.53 Å². The SMILES string of the molecule is COCCn1ncc2ccc(NC(=O)CCl)cc21. The van der Waals surface area contributed by atoms with Crippen molar-refractivity contribution in [1.82, 2.24) is 9.78 Å². The summed E-state index contributed by atoms with van der Waals surface area (Å²) in [6.07, 6.45) is 1.79. The highest BCUT2D eigenvalue weighted by Crippen LogP contribution is 2.19. The summed E-state index contributed by atoms with van der Waals surface area (Å²) < 4.78 is 6.87. The van der Waals surface area contributed by atoms with Crippen LogP contribution in [0.4, 0.5) is 5.69 Å². The predicted molar refractivity (Wildman–Crippen MR) is 71.0 cm³/mol. The van der Waals surface area contributed by atoms with Gasteiger partial charge in [0.15, 0.2) is 0 Å². The van der Waals surface area contributed by atoms with Crippen LogP contribution in [-0.4, -0.2) is 35.3 Å². The number of hydrogen-bond acceptors (Lipinski definition) is 3. The number of aromatic nitrogens is 2. The van der Waals surface area contributed by atoms with Crippen LogP contribution in [-0.2, 0) is 16.1 Å². The van der Waals surface area contributed by atoms with E-state index >= 15 is 0 Å². The molecule has 1 heterocycles. The molecule has 5 nitrogen and oxygen atoms in total. The van der Waals surface area contributed by atoms with Gasteiger partial charge in [-0.3, -0.25) is 9.48 Å². The highest BCUT2D eigenvalue weighted by atomic mass is 35.5. The van der Waals surface area contributed by atoms with Crippen LogP contribution in [0.5, 0.6) is 0 Å². The van der Waals surface area contributed by atoms with Gasteiger partial charge < -0.3 is 10.1 Å². The molecule has 0 spiro atoms. The number of rotatable bonds is 5. The zero-order valence-electron chi connectivity index (χ0n) is 10.0. The van der Waals surface area contributed by atoms with Gasteiger partial charge in [-0.1, -0.05) is 0 Å². The molecular formula is C12H14ClN3O2. The van der Waals surface area contributed by atoms with E-state index in [1.165, 1.54) is 0 Å². The van der Waals surface area contributed by atoms with Crippen molar-refractivity contribution in [3.63, 3.8) is 0 Å². The summed E-state index contributed by atoms with van der Waals surface area (Å²) in [5, 5.41) is 8.01. The van der Waals surface area contributed by atoms with Crippen LogP contribution < -0.4 is 5.32 Å². The number of amides is 1. The summed E-state index contributed by atoms with van der Waals surface area (Å²) in [5.74, 6) is -0.278. The number of hydrogen-bond donors (Lipinski definition) is 1. The maximum absolute atomic E-state index is 11.2. The van der Waals surface area contributed by atoms with E-state index in [0.29, 0.717) is 18.8 Å². The number of ether oxygens (including phenoxy) is 1. The Balaban J connectivity index is 2.27. The maximum Gasteiger partial charge on any atom is 0.239 e. The van der Waals surface area contributed by atoms with Crippen molar-refractivity contribution in [3.05, 3.63) is 24.4 Å². The molecule has 1 aromatic heterocycles. The molecule has 0 aliphatic rings. The molecule has 0 aliphatic carbocycles. The Bertz CT molecular complexity index is 553. The molecule has 1 aromatic carbocycles. The second-order valence-corrected chi connectivity index (χ2v) is 4.08. The zero-order valence-corrected chi connectivity index (χ0v) is 10.8. The van der Waals surface area contributed by atoms with Gasteiger partial charge in [-0.25, -0.2) is 0 Å². The first-order valence-corrected chi connectivity index (χ1v) is 6.08. The molecule has 0 atom stereocenters. The Morgan fingerprint density at radius 2 is 2.39 bits per heavy atom. The lowest BCUT2D eigenvalue weighted by molar-refractivity contribution is -0.113. The van der Waals surface area contributed by atoms with Crippen LogP contribution in [0, 0.1) is 0 Å². The van der Waals surface area contributed by atoms with Gasteiger partial charge in [-0.05, 0) is 18.2 Å². The standard InChI is InChI=1S/C12H14ClN3O2/c1-18-5-4-16-11-6-10(15-12(17)7-13)3-2-9(11)8-14-16/h2-3,6,8H,4-5,7H2,1H3,(H,15,17). The van der Waals surface area contributed by atoms with Gasteiger partial charge in [-0.2, -0.15) is 5.10 Å². The molecule has 18 heavy (non-hydrogen) atoms. The fourth-order valence-corrected chi connectivity index (χ4v) is 1.77. The van der Waals surface area contributed by atoms with Crippen molar-refractivity contribution >= 4 is 34.1 Å². The van der Waals surface area contributed by atoms with E-state index in [9.17, 15) is 4.79 Å². The molecule has 0 saturated carbocycles. The van der Waals surface area contributed by atoms with Crippen LogP contribution in [0.3, 0.4) is 0 Å². The van der Waals surface area contributed by atoms with Crippen molar-refractivity contribution in [3.8, 4) is 0 Å². The third-order valence-electron chi connectivity index (χ3n) is 2.56. The largest absolute Gasteiger partial charge is 0.383 e. The lowest BCUT2D eigenvalue weighted by atomic mass is 10.2. The summed E-state index contributed by atoms with van der Waals surface area (Å²) >= 11 is 5.45. The van der Waals surface area contributed by atoms with Crippen LogP contribution >= 0.6 is 11.6 Å². The monoisotopic (exact) mass is 267 g/mol. The zero-order chi connectivity index (χ0) is 13.0. The fraction of sp³-hybridized carbons (Fsp3) is 0.333. The number of halogens is 1. The molecule has 0 bridgehead atoms. The number of anilines is 1. The van der Waals surface area contributed by atoms with Crippen molar-refractivity contribution in [2.24, 2.45) is 0 Å². The number of carbonyl (C=O) groups is 1. The Kier molecular flexibility index (Phi) is 4.17. The van der Waals surface area contributed by atoms with Crippen molar-refractivity contribution in [1.29, 1.82) is 0 Å². The lowest BCUT2D eigenvalue weighted by Gasteiger charge is -2.05. The number of alkyl halides is 1. The van der Waals surface area contributed by atoms with Gasteiger partial charge in [0.25, 0.3) is 0 Å². The highest BCUT2D eigenvalue weighted by molar-refractivity contribution is 6.29. The van der Waals surface area contributed by atoms with E-state index in [2.05, 4.69) is 10.4 Å². The number of methoxy groups -OCH3 is 1. The van der Waals surface area contributed by atoms with E-state index in [4.69, 9.17) is 16.3 Å². The van der Waals surface area contributed by atoms with Crippen LogP contribution in [0.2, 0.25) is 0 Å². The normalized spacial score (nSPS) is 10.8. The second kappa shape index (κ2) is 5.84. The summed E-state index contributed by atoms with van der Waals surface area (Å²) in [6.45, 7) is 1.27. The number of fused-ring (bicyclic) bond motifs is 1. The molecular weight excluding hydrogens is 254 g/mol. The Labute approximate surface area is 110 Å². The van der Waals surface area contributed by atoms with E-state index in [1.807, 2.05) is 22.9 Å². The van der Waals surface area contributed by atoms with E-state index in [0.717, 1.165) is 10.9 Å². The molecule has 0 radical (unpaired) electrons. The average molecular weight is 268 g/mol. The van der Waals surface area contributed by atoms with E-state index < -0.39 is 0 Å². The van der Waals surface area contributed by atoms with Crippen molar-refractivity contribution in [2.75, 3.05) is 24.9 Å². The topological polar surface area (TPSA) is 56.1 Å². The Morgan fingerprint density at radius 3 is 3.11 bits per heavy atom. The Hall–Kier alpha value is -1.59. The number of nitrogens with zero attached hydrogens (tertiary/aromatic N) is 2. The van der Waals surface area contributed by atoms with Gasteiger partial charge in [0.05, 0.1) is 24.9 Å². The molecule has 0 unspecified atom stereocenters. The molecule has 2 aromatic rings. The Morgan fingerprint density at radius 1 is 1.56 bits per heavy atom. The van der Waals surface area contributed by atoms with E-state index in [-0.39, 0.29) is 11.8 Å². The molecule has 0 aliphatic heterocycles. The van der Waals surface area contributed by atoms with Gasteiger partial charge in [-0.15, -0.1) is 11.6 Å². The number of carbonyl (C=O) groups excluding carboxylic acids is 1. The van der Waals surface area contributed by atoms with E-state index in [1.54, 1.807) is 13.3 Å². The predicted octanol–water partition coefficient (Wildman–Crippen LogP) is 1.86. The summed E-state index contributed by atoms with van der Waals surface area (Å²) in [4.78, 5) is 11.2. The quantitative estimate of drug-likeness (QED) is 0.842. The first-order chi connectivity index (χ1) is 8.74. The number of nitrogens with one attached hydrogen (secondary N) is 1. The van der Waals surface area contributed by atoms with Gasteiger partial charge >= 0.3 is 0 Å². The highest BCUT2D eigenvalue weighted by Gasteiger charge is 2.05. The minimum Gasteiger partial charge on any atom is -0.383 e. The maximum atomic E-state index is 11.2. The molecule has 0 saturated heterocycles. The second-order valence-electron chi connectivity index (χ2n) is 3.82. The summed E-state index contributed by atoms with van der Waals surface area (Å²) in [6, 6.07) is 5.62. The number of benzene rings is 1. The minimum atomic E-state index is -0.223.